The Labute approximate surface area is 116 Å². The van der Waals surface area contributed by atoms with E-state index in [4.69, 9.17) is 11.6 Å². The smallest absolute Gasteiger partial charge is 0.0411 e. The molecule has 0 saturated carbocycles. The van der Waals surface area contributed by atoms with Crippen LogP contribution in [0.5, 0.6) is 0 Å². The minimum Gasteiger partial charge on any atom is -0.0843 e. The van der Waals surface area contributed by atoms with Gasteiger partial charge < -0.3 is 0 Å². The Morgan fingerprint density at radius 1 is 0.882 bits per heavy atom. The van der Waals surface area contributed by atoms with E-state index in [1.54, 1.807) is 0 Å². The first-order valence-corrected chi connectivity index (χ1v) is 6.72. The third kappa shape index (κ3) is 3.58. The van der Waals surface area contributed by atoms with E-state index < -0.39 is 0 Å². The summed E-state index contributed by atoms with van der Waals surface area (Å²) in [6.45, 7) is 4.18. The fourth-order valence-corrected chi connectivity index (χ4v) is 3.03. The first-order chi connectivity index (χ1) is 8.02. The molecule has 0 N–H and O–H groups in total. The van der Waals surface area contributed by atoms with Crippen molar-refractivity contribution in [3.05, 3.63) is 68.1 Å². The summed E-state index contributed by atoms with van der Waals surface area (Å²) in [5.41, 5.74) is 5.04. The highest BCUT2D eigenvalue weighted by Gasteiger charge is 2.01. The number of benzene rings is 2. The molecule has 0 aliphatic carbocycles. The molecule has 0 heterocycles. The van der Waals surface area contributed by atoms with Crippen LogP contribution < -0.4 is 0 Å². The highest BCUT2D eigenvalue weighted by molar-refractivity contribution is 9.10. The molecule has 0 aromatic heterocycles. The molecule has 0 spiro atoms. The zero-order valence-electron chi connectivity index (χ0n) is 9.93. The highest BCUT2D eigenvalue weighted by atomic mass is 79.9. The summed E-state index contributed by atoms with van der Waals surface area (Å²) in [7, 11) is 0. The second-order valence-corrected chi connectivity index (χ2v) is 5.80. The van der Waals surface area contributed by atoms with Crippen molar-refractivity contribution in [2.45, 2.75) is 20.3 Å². The second-order valence-electron chi connectivity index (χ2n) is 4.45. The van der Waals surface area contributed by atoms with Crippen molar-refractivity contribution in [2.24, 2.45) is 0 Å². The minimum atomic E-state index is 0.812. The lowest BCUT2D eigenvalue weighted by atomic mass is 10.0. The molecule has 0 fully saturated rings. The largest absolute Gasteiger partial charge is 0.0843 e. The van der Waals surface area contributed by atoms with Gasteiger partial charge in [0.05, 0.1) is 0 Å². The van der Waals surface area contributed by atoms with Gasteiger partial charge in [-0.05, 0) is 66.8 Å². The van der Waals surface area contributed by atoms with Crippen molar-refractivity contribution < 1.29 is 0 Å². The minimum absolute atomic E-state index is 0.812. The number of hydrogen-bond donors (Lipinski definition) is 0. The van der Waals surface area contributed by atoms with Gasteiger partial charge >= 0.3 is 0 Å². The molecule has 0 saturated heterocycles. The van der Waals surface area contributed by atoms with E-state index in [0.717, 1.165) is 15.9 Å². The van der Waals surface area contributed by atoms with Crippen LogP contribution in [-0.4, -0.2) is 0 Å². The zero-order valence-corrected chi connectivity index (χ0v) is 12.3. The summed E-state index contributed by atoms with van der Waals surface area (Å²) < 4.78 is 1.13. The predicted octanol–water partition coefficient (Wildman–Crippen LogP) is 5.31. The molecule has 17 heavy (non-hydrogen) atoms. The number of rotatable bonds is 2. The Morgan fingerprint density at radius 3 is 2.06 bits per heavy atom. The maximum absolute atomic E-state index is 6.07. The van der Waals surface area contributed by atoms with Crippen molar-refractivity contribution in [3.63, 3.8) is 0 Å². The average molecular weight is 310 g/mol. The van der Waals surface area contributed by atoms with Crippen molar-refractivity contribution in [1.82, 2.24) is 0 Å². The van der Waals surface area contributed by atoms with Gasteiger partial charge in [-0.3, -0.25) is 0 Å². The van der Waals surface area contributed by atoms with E-state index in [1.807, 2.05) is 12.1 Å². The monoisotopic (exact) mass is 308 g/mol. The molecule has 0 atom stereocenters. The van der Waals surface area contributed by atoms with Crippen LogP contribution in [0.15, 0.2) is 40.9 Å². The van der Waals surface area contributed by atoms with Crippen LogP contribution in [0, 0.1) is 13.8 Å². The molecule has 2 aromatic rings. The fraction of sp³-hybridized carbons (Fsp3) is 0.200. The normalized spacial score (nSPS) is 10.6. The molecule has 0 aliphatic heterocycles. The van der Waals surface area contributed by atoms with E-state index in [9.17, 15) is 0 Å². The Hall–Kier alpha value is -0.790. The zero-order chi connectivity index (χ0) is 12.4. The van der Waals surface area contributed by atoms with Crippen LogP contribution in [0.4, 0.5) is 0 Å². The molecular formula is C15H14BrCl. The topological polar surface area (TPSA) is 0 Å². The van der Waals surface area contributed by atoms with Crippen LogP contribution in [0.1, 0.15) is 22.3 Å². The first kappa shape index (κ1) is 12.7. The standard InChI is InChI=1S/C15H14BrCl/c1-10-3-12(8-14(16)5-10)7-13-4-11(2)6-15(17)9-13/h3-6,8-9H,7H2,1-2H3. The van der Waals surface area contributed by atoms with Gasteiger partial charge in [0.25, 0.3) is 0 Å². The molecule has 0 aliphatic rings. The van der Waals surface area contributed by atoms with E-state index in [2.05, 4.69) is 54.0 Å². The fourth-order valence-electron chi connectivity index (χ4n) is 2.06. The molecule has 2 aromatic carbocycles. The van der Waals surface area contributed by atoms with Gasteiger partial charge in [0.2, 0.25) is 0 Å². The quantitative estimate of drug-likeness (QED) is 0.705. The van der Waals surface area contributed by atoms with Gasteiger partial charge in [-0.15, -0.1) is 0 Å². The van der Waals surface area contributed by atoms with Crippen LogP contribution >= 0.6 is 27.5 Å². The summed E-state index contributed by atoms with van der Waals surface area (Å²) in [6.07, 6.45) is 0.918. The lowest BCUT2D eigenvalue weighted by Gasteiger charge is -2.06. The van der Waals surface area contributed by atoms with Gasteiger partial charge in [-0.1, -0.05) is 39.7 Å². The van der Waals surface area contributed by atoms with Gasteiger partial charge in [0.15, 0.2) is 0 Å². The predicted molar refractivity (Wildman–Crippen MR) is 77.9 cm³/mol. The summed E-state index contributed by atoms with van der Waals surface area (Å²) in [5, 5.41) is 0.812. The van der Waals surface area contributed by atoms with E-state index in [-0.39, 0.29) is 0 Å². The molecular weight excluding hydrogens is 296 g/mol. The Balaban J connectivity index is 2.31. The van der Waals surface area contributed by atoms with Crippen molar-refractivity contribution >= 4 is 27.5 Å². The number of hydrogen-bond acceptors (Lipinski definition) is 0. The number of halogens is 2. The molecule has 0 nitrogen and oxygen atoms in total. The average Bonchev–Trinajstić information content (AvgIpc) is 2.13. The van der Waals surface area contributed by atoms with E-state index in [1.165, 1.54) is 22.3 Å². The van der Waals surface area contributed by atoms with Gasteiger partial charge in [-0.2, -0.15) is 0 Å². The molecule has 0 bridgehead atoms. The summed E-state index contributed by atoms with van der Waals surface area (Å²) in [5.74, 6) is 0. The maximum atomic E-state index is 6.07. The van der Waals surface area contributed by atoms with E-state index in [0.29, 0.717) is 0 Å². The summed E-state index contributed by atoms with van der Waals surface area (Å²) >= 11 is 9.60. The highest BCUT2D eigenvalue weighted by Crippen LogP contribution is 2.21. The summed E-state index contributed by atoms with van der Waals surface area (Å²) in [4.78, 5) is 0. The lowest BCUT2D eigenvalue weighted by molar-refractivity contribution is 1.17. The molecule has 0 unspecified atom stereocenters. The lowest BCUT2D eigenvalue weighted by Crippen LogP contribution is -1.90. The Morgan fingerprint density at radius 2 is 1.47 bits per heavy atom. The van der Waals surface area contributed by atoms with Gasteiger partial charge in [0.1, 0.15) is 0 Å². The van der Waals surface area contributed by atoms with Crippen LogP contribution in [0.3, 0.4) is 0 Å². The molecule has 0 amide bonds. The van der Waals surface area contributed by atoms with Crippen molar-refractivity contribution in [1.29, 1.82) is 0 Å². The van der Waals surface area contributed by atoms with Gasteiger partial charge in [-0.25, -0.2) is 0 Å². The molecule has 2 rings (SSSR count). The third-order valence-corrected chi connectivity index (χ3v) is 3.29. The Kier molecular flexibility index (Phi) is 3.90. The third-order valence-electron chi connectivity index (χ3n) is 2.61. The van der Waals surface area contributed by atoms with Crippen LogP contribution in [0.25, 0.3) is 0 Å². The van der Waals surface area contributed by atoms with Crippen LogP contribution in [-0.2, 0) is 6.42 Å². The first-order valence-electron chi connectivity index (χ1n) is 5.55. The second kappa shape index (κ2) is 5.24. The van der Waals surface area contributed by atoms with Gasteiger partial charge in [0, 0.05) is 9.50 Å². The molecule has 2 heteroatoms. The van der Waals surface area contributed by atoms with E-state index >= 15 is 0 Å². The molecule has 0 radical (unpaired) electrons. The summed E-state index contributed by atoms with van der Waals surface area (Å²) in [6, 6.07) is 12.7. The Bertz CT molecular complexity index is 457. The molecule has 88 valence electrons. The van der Waals surface area contributed by atoms with Crippen LogP contribution in [0.2, 0.25) is 5.02 Å². The SMILES string of the molecule is Cc1cc(Cl)cc(Cc2cc(C)cc(Br)c2)c1. The van der Waals surface area contributed by atoms with Crippen molar-refractivity contribution in [3.8, 4) is 0 Å². The maximum Gasteiger partial charge on any atom is 0.0411 e. The van der Waals surface area contributed by atoms with Crippen molar-refractivity contribution in [2.75, 3.05) is 0 Å². The number of aryl methyl sites for hydroxylation is 2.